The van der Waals surface area contributed by atoms with Gasteiger partial charge in [-0.15, -0.1) is 0 Å². The molecule has 0 unspecified atom stereocenters. The van der Waals surface area contributed by atoms with E-state index in [0.717, 1.165) is 6.08 Å². The Hall–Kier alpha value is -3.42. The molecule has 0 aromatic heterocycles. The molecule has 0 aliphatic heterocycles. The van der Waals surface area contributed by atoms with Crippen LogP contribution in [0.15, 0.2) is 47.6 Å². The highest BCUT2D eigenvalue weighted by Gasteiger charge is 2.56. The van der Waals surface area contributed by atoms with Gasteiger partial charge in [0.05, 0.1) is 11.1 Å². The summed E-state index contributed by atoms with van der Waals surface area (Å²) in [6, 6.07) is 7.98. The monoisotopic (exact) mass is 332 g/mol. The molecule has 0 saturated heterocycles. The third-order valence-corrected chi connectivity index (χ3v) is 3.79. The number of allylic oxidation sites excluding steroid dienone is 1. The zero-order valence-electron chi connectivity index (χ0n) is 12.1. The van der Waals surface area contributed by atoms with Gasteiger partial charge in [-0.2, -0.15) is 0 Å². The van der Waals surface area contributed by atoms with Crippen molar-refractivity contribution in [2.24, 2.45) is 5.41 Å². The lowest BCUT2D eigenvalue weighted by Crippen LogP contribution is -2.46. The molecule has 1 aliphatic rings. The Balaban J connectivity index is 2.85. The molecule has 0 spiro atoms. The molecule has 0 fully saturated rings. The van der Waals surface area contributed by atoms with Gasteiger partial charge in [0.25, 0.3) is 0 Å². The summed E-state index contributed by atoms with van der Waals surface area (Å²) in [6.45, 7) is 0. The van der Waals surface area contributed by atoms with E-state index in [2.05, 4.69) is 0 Å². The van der Waals surface area contributed by atoms with Gasteiger partial charge in [-0.3, -0.25) is 9.59 Å². The quantitative estimate of drug-likeness (QED) is 0.585. The van der Waals surface area contributed by atoms with Crippen LogP contribution in [0.4, 0.5) is 0 Å². The Morgan fingerprint density at radius 2 is 1.38 bits per heavy atom. The first-order chi connectivity index (χ1) is 11.2. The Kier molecular flexibility index (Phi) is 4.23. The zero-order chi connectivity index (χ0) is 18.1. The number of aliphatic carboxylic acids is 4. The molecule has 1 aliphatic carbocycles. The number of benzene rings is 1. The van der Waals surface area contributed by atoms with E-state index < -0.39 is 46.9 Å². The van der Waals surface area contributed by atoms with Crippen molar-refractivity contribution in [1.29, 1.82) is 0 Å². The van der Waals surface area contributed by atoms with E-state index in [1.807, 2.05) is 0 Å². The van der Waals surface area contributed by atoms with Crippen LogP contribution in [-0.4, -0.2) is 44.3 Å². The third-order valence-electron chi connectivity index (χ3n) is 3.79. The first-order valence-corrected chi connectivity index (χ1v) is 6.66. The van der Waals surface area contributed by atoms with Crippen molar-refractivity contribution in [3.05, 3.63) is 53.1 Å². The number of carbonyl (C=O) groups is 4. The molecular weight excluding hydrogens is 320 g/mol. The second kappa shape index (κ2) is 5.99. The van der Waals surface area contributed by atoms with Crippen molar-refractivity contribution < 1.29 is 39.6 Å². The van der Waals surface area contributed by atoms with E-state index >= 15 is 0 Å². The summed E-state index contributed by atoms with van der Waals surface area (Å²) < 4.78 is 0. The minimum atomic E-state index is -2.89. The van der Waals surface area contributed by atoms with Gasteiger partial charge in [0.1, 0.15) is 0 Å². The van der Waals surface area contributed by atoms with Gasteiger partial charge in [0.2, 0.25) is 5.41 Å². The van der Waals surface area contributed by atoms with Crippen molar-refractivity contribution in [3.63, 3.8) is 0 Å². The summed E-state index contributed by atoms with van der Waals surface area (Å²) in [5, 5.41) is 37.4. The molecule has 0 heterocycles. The lowest BCUT2D eigenvalue weighted by Gasteiger charge is -2.31. The first-order valence-electron chi connectivity index (χ1n) is 6.66. The molecule has 1 aromatic rings. The Morgan fingerprint density at radius 1 is 0.833 bits per heavy atom. The fourth-order valence-electron chi connectivity index (χ4n) is 2.66. The smallest absolute Gasteiger partial charge is 0.336 e. The second-order valence-corrected chi connectivity index (χ2v) is 5.13. The molecule has 24 heavy (non-hydrogen) atoms. The highest BCUT2D eigenvalue weighted by molar-refractivity contribution is 6.16. The number of hydrogen-bond donors (Lipinski definition) is 4. The maximum Gasteiger partial charge on any atom is 0.336 e. The van der Waals surface area contributed by atoms with Crippen molar-refractivity contribution in [2.75, 3.05) is 0 Å². The van der Waals surface area contributed by atoms with Crippen LogP contribution in [0.3, 0.4) is 0 Å². The fraction of sp³-hybridized carbons (Fsp3) is 0.125. The van der Waals surface area contributed by atoms with Crippen LogP contribution in [0.25, 0.3) is 5.57 Å². The van der Waals surface area contributed by atoms with Gasteiger partial charge in [0, 0.05) is 6.42 Å². The van der Waals surface area contributed by atoms with Gasteiger partial charge in [-0.1, -0.05) is 30.3 Å². The molecule has 0 atom stereocenters. The molecule has 8 nitrogen and oxygen atoms in total. The third kappa shape index (κ3) is 2.54. The van der Waals surface area contributed by atoms with Gasteiger partial charge >= 0.3 is 23.9 Å². The SMILES string of the molecule is O=C(O)C1=C(C(=O)O)C(C(=O)O)(C(=O)O)CC(c2ccccc2)=C1. The number of rotatable bonds is 5. The first kappa shape index (κ1) is 16.9. The normalized spacial score (nSPS) is 16.2. The van der Waals surface area contributed by atoms with Gasteiger partial charge < -0.3 is 20.4 Å². The van der Waals surface area contributed by atoms with E-state index in [1.54, 1.807) is 30.3 Å². The van der Waals surface area contributed by atoms with Crippen molar-refractivity contribution in [2.45, 2.75) is 6.42 Å². The molecule has 0 saturated carbocycles. The lowest BCUT2D eigenvalue weighted by atomic mass is 9.68. The maximum atomic E-state index is 11.7. The standard InChI is InChI=1S/C16H12O8/c17-12(18)10-6-9(8-4-2-1-3-5-8)7-16(14(21)22,15(23)24)11(10)13(19)20/h1-6H,7H2,(H,17,18)(H,19,20)(H,21,22)(H,23,24). The Morgan fingerprint density at radius 3 is 1.79 bits per heavy atom. The Labute approximate surface area is 135 Å². The minimum absolute atomic E-state index is 0.114. The molecule has 124 valence electrons. The Bertz CT molecular complexity index is 787. The van der Waals surface area contributed by atoms with Gasteiger partial charge in [-0.05, 0) is 17.2 Å². The number of carboxylic acids is 4. The summed E-state index contributed by atoms with van der Waals surface area (Å²) in [6.07, 6.45) is 0.325. The summed E-state index contributed by atoms with van der Waals surface area (Å²) in [7, 11) is 0. The van der Waals surface area contributed by atoms with Crippen LogP contribution in [-0.2, 0) is 19.2 Å². The molecule has 0 radical (unpaired) electrons. The van der Waals surface area contributed by atoms with Crippen molar-refractivity contribution >= 4 is 29.5 Å². The molecular formula is C16H12O8. The summed E-state index contributed by atoms with van der Waals surface area (Å²) >= 11 is 0. The van der Waals surface area contributed by atoms with Crippen LogP contribution < -0.4 is 0 Å². The lowest BCUT2D eigenvalue weighted by molar-refractivity contribution is -0.163. The molecule has 8 heteroatoms. The summed E-state index contributed by atoms with van der Waals surface area (Å²) in [4.78, 5) is 46.2. The van der Waals surface area contributed by atoms with E-state index in [0.29, 0.717) is 5.56 Å². The number of hydrogen-bond acceptors (Lipinski definition) is 4. The zero-order valence-corrected chi connectivity index (χ0v) is 12.1. The summed E-state index contributed by atoms with van der Waals surface area (Å²) in [5.74, 6) is -7.49. The molecule has 1 aromatic carbocycles. The highest BCUT2D eigenvalue weighted by Crippen LogP contribution is 2.44. The van der Waals surface area contributed by atoms with Crippen molar-refractivity contribution in [1.82, 2.24) is 0 Å². The largest absolute Gasteiger partial charge is 0.480 e. The van der Waals surface area contributed by atoms with Gasteiger partial charge in [-0.25, -0.2) is 9.59 Å². The van der Waals surface area contributed by atoms with Crippen molar-refractivity contribution in [3.8, 4) is 0 Å². The highest BCUT2D eigenvalue weighted by atomic mass is 16.4. The van der Waals surface area contributed by atoms with Gasteiger partial charge in [0.15, 0.2) is 0 Å². The predicted octanol–water partition coefficient (Wildman–Crippen LogP) is 1.10. The number of carboxylic acid groups (broad SMARTS) is 4. The second-order valence-electron chi connectivity index (χ2n) is 5.13. The van der Waals surface area contributed by atoms with Crippen LogP contribution in [0, 0.1) is 5.41 Å². The van der Waals surface area contributed by atoms with E-state index in [-0.39, 0.29) is 5.57 Å². The average Bonchev–Trinajstić information content (AvgIpc) is 2.53. The average molecular weight is 332 g/mol. The van der Waals surface area contributed by atoms with Crippen LogP contribution >= 0.6 is 0 Å². The summed E-state index contributed by atoms with van der Waals surface area (Å²) in [5.41, 5.74) is -4.40. The topological polar surface area (TPSA) is 149 Å². The van der Waals surface area contributed by atoms with E-state index in [1.165, 1.54) is 0 Å². The van der Waals surface area contributed by atoms with Crippen LogP contribution in [0.2, 0.25) is 0 Å². The predicted molar refractivity (Wildman–Crippen MR) is 79.0 cm³/mol. The molecule has 4 N–H and O–H groups in total. The van der Waals surface area contributed by atoms with Crippen LogP contribution in [0.1, 0.15) is 12.0 Å². The van der Waals surface area contributed by atoms with E-state index in [4.69, 9.17) is 0 Å². The maximum absolute atomic E-state index is 11.7. The molecule has 0 amide bonds. The van der Waals surface area contributed by atoms with Crippen LogP contribution in [0.5, 0.6) is 0 Å². The molecule has 0 bridgehead atoms. The fourth-order valence-corrected chi connectivity index (χ4v) is 2.66. The minimum Gasteiger partial charge on any atom is -0.480 e. The molecule has 2 rings (SSSR count). The van der Waals surface area contributed by atoms with E-state index in [9.17, 15) is 39.6 Å².